The summed E-state index contributed by atoms with van der Waals surface area (Å²) < 4.78 is 0. The molecule has 2 heteroatoms. The third-order valence-corrected chi connectivity index (χ3v) is 3.91. The SMILES string of the molecule is CCCCCC(CCO)(CCO)CCCCC. The van der Waals surface area contributed by atoms with Gasteiger partial charge in [-0.2, -0.15) is 0 Å². The van der Waals surface area contributed by atoms with E-state index in [0.717, 1.165) is 12.8 Å². The van der Waals surface area contributed by atoms with Crippen LogP contribution in [0, 0.1) is 5.41 Å². The molecule has 2 N–H and O–H groups in total. The molecule has 0 fully saturated rings. The highest BCUT2D eigenvalue weighted by Gasteiger charge is 2.27. The first-order valence-electron chi connectivity index (χ1n) is 7.46. The summed E-state index contributed by atoms with van der Waals surface area (Å²) in [6, 6.07) is 0. The van der Waals surface area contributed by atoms with Crippen molar-refractivity contribution in [1.82, 2.24) is 0 Å². The third-order valence-electron chi connectivity index (χ3n) is 3.91. The van der Waals surface area contributed by atoms with Crippen molar-refractivity contribution in [1.29, 1.82) is 0 Å². The van der Waals surface area contributed by atoms with Crippen LogP contribution in [0.5, 0.6) is 0 Å². The zero-order valence-corrected chi connectivity index (χ0v) is 11.9. The van der Waals surface area contributed by atoms with E-state index in [4.69, 9.17) is 0 Å². The summed E-state index contributed by atoms with van der Waals surface area (Å²) in [5, 5.41) is 18.5. The van der Waals surface area contributed by atoms with E-state index in [1.54, 1.807) is 0 Å². The van der Waals surface area contributed by atoms with Crippen LogP contribution in [0.3, 0.4) is 0 Å². The van der Waals surface area contributed by atoms with Gasteiger partial charge in [-0.1, -0.05) is 52.4 Å². The topological polar surface area (TPSA) is 40.5 Å². The lowest BCUT2D eigenvalue weighted by Crippen LogP contribution is -2.24. The standard InChI is InChI=1S/C15H32O2/c1-3-5-7-9-15(11-13-16,12-14-17)10-8-6-4-2/h16-17H,3-14H2,1-2H3. The van der Waals surface area contributed by atoms with Crippen LogP contribution in [0.2, 0.25) is 0 Å². The smallest absolute Gasteiger partial charge is 0.0436 e. The maximum atomic E-state index is 9.26. The highest BCUT2D eigenvalue weighted by Crippen LogP contribution is 2.38. The van der Waals surface area contributed by atoms with Gasteiger partial charge in [0.1, 0.15) is 0 Å². The monoisotopic (exact) mass is 244 g/mol. The van der Waals surface area contributed by atoms with Gasteiger partial charge in [0.25, 0.3) is 0 Å². The van der Waals surface area contributed by atoms with Crippen LogP contribution in [0.15, 0.2) is 0 Å². The Balaban J connectivity index is 4.25. The lowest BCUT2D eigenvalue weighted by atomic mass is 9.73. The number of hydrogen-bond acceptors (Lipinski definition) is 2. The summed E-state index contributed by atoms with van der Waals surface area (Å²) in [7, 11) is 0. The lowest BCUT2D eigenvalue weighted by Gasteiger charge is -2.33. The van der Waals surface area contributed by atoms with Crippen molar-refractivity contribution in [3.63, 3.8) is 0 Å². The average Bonchev–Trinajstić information content (AvgIpc) is 2.30. The number of rotatable bonds is 12. The van der Waals surface area contributed by atoms with Crippen molar-refractivity contribution >= 4 is 0 Å². The van der Waals surface area contributed by atoms with Crippen LogP contribution in [0.4, 0.5) is 0 Å². The van der Waals surface area contributed by atoms with Crippen LogP contribution in [0.1, 0.15) is 78.1 Å². The fourth-order valence-electron chi connectivity index (χ4n) is 2.72. The van der Waals surface area contributed by atoms with E-state index in [1.165, 1.54) is 51.4 Å². The van der Waals surface area contributed by atoms with Gasteiger partial charge in [0, 0.05) is 13.2 Å². The quantitative estimate of drug-likeness (QED) is 0.511. The number of aliphatic hydroxyl groups is 2. The Bertz CT molecular complexity index is 139. The van der Waals surface area contributed by atoms with E-state index in [0.29, 0.717) is 0 Å². The molecule has 0 aliphatic heterocycles. The van der Waals surface area contributed by atoms with Crippen LogP contribution < -0.4 is 0 Å². The van der Waals surface area contributed by atoms with Gasteiger partial charge in [-0.3, -0.25) is 0 Å². The van der Waals surface area contributed by atoms with Gasteiger partial charge in [0.05, 0.1) is 0 Å². The lowest BCUT2D eigenvalue weighted by molar-refractivity contribution is 0.108. The van der Waals surface area contributed by atoms with Gasteiger partial charge in [-0.25, -0.2) is 0 Å². The average molecular weight is 244 g/mol. The van der Waals surface area contributed by atoms with Gasteiger partial charge < -0.3 is 10.2 Å². The molecule has 0 unspecified atom stereocenters. The van der Waals surface area contributed by atoms with Gasteiger partial charge in [0.2, 0.25) is 0 Å². The number of unbranched alkanes of at least 4 members (excludes halogenated alkanes) is 4. The second kappa shape index (κ2) is 11.0. The molecule has 0 aliphatic rings. The molecule has 0 spiro atoms. The predicted molar refractivity (Wildman–Crippen MR) is 74.1 cm³/mol. The van der Waals surface area contributed by atoms with Crippen LogP contribution in [0.25, 0.3) is 0 Å². The van der Waals surface area contributed by atoms with E-state index in [-0.39, 0.29) is 18.6 Å². The van der Waals surface area contributed by atoms with Crippen molar-refractivity contribution in [3.8, 4) is 0 Å². The number of hydrogen-bond donors (Lipinski definition) is 2. The minimum Gasteiger partial charge on any atom is -0.396 e. The Morgan fingerprint density at radius 3 is 1.35 bits per heavy atom. The van der Waals surface area contributed by atoms with Crippen LogP contribution in [-0.4, -0.2) is 23.4 Å². The fourth-order valence-corrected chi connectivity index (χ4v) is 2.72. The first kappa shape index (κ1) is 16.9. The second-order valence-electron chi connectivity index (χ2n) is 5.36. The summed E-state index contributed by atoms with van der Waals surface area (Å²) >= 11 is 0. The second-order valence-corrected chi connectivity index (χ2v) is 5.36. The highest BCUT2D eigenvalue weighted by molar-refractivity contribution is 4.79. The summed E-state index contributed by atoms with van der Waals surface area (Å²) in [5.41, 5.74) is 0.202. The molecule has 104 valence electrons. The van der Waals surface area contributed by atoms with E-state index < -0.39 is 0 Å². The Labute approximate surface area is 107 Å². The van der Waals surface area contributed by atoms with E-state index in [9.17, 15) is 10.2 Å². The molecular formula is C15H32O2. The molecule has 0 rings (SSSR count). The molecule has 2 nitrogen and oxygen atoms in total. The molecule has 0 aromatic rings. The summed E-state index contributed by atoms with van der Waals surface area (Å²) in [4.78, 5) is 0. The molecule has 0 amide bonds. The molecule has 0 saturated heterocycles. The molecular weight excluding hydrogens is 212 g/mol. The minimum atomic E-state index is 0.202. The van der Waals surface area contributed by atoms with Gasteiger partial charge in [-0.15, -0.1) is 0 Å². The molecule has 0 heterocycles. The molecule has 17 heavy (non-hydrogen) atoms. The zero-order valence-electron chi connectivity index (χ0n) is 11.9. The van der Waals surface area contributed by atoms with Crippen molar-refractivity contribution < 1.29 is 10.2 Å². The Morgan fingerprint density at radius 1 is 0.647 bits per heavy atom. The first-order valence-corrected chi connectivity index (χ1v) is 7.46. The largest absolute Gasteiger partial charge is 0.396 e. The van der Waals surface area contributed by atoms with Crippen LogP contribution >= 0.6 is 0 Å². The van der Waals surface area contributed by atoms with E-state index >= 15 is 0 Å². The third kappa shape index (κ3) is 7.77. The summed E-state index contributed by atoms with van der Waals surface area (Å²) in [6.45, 7) is 4.96. The molecule has 0 atom stereocenters. The van der Waals surface area contributed by atoms with Gasteiger partial charge in [0.15, 0.2) is 0 Å². The normalized spacial score (nSPS) is 12.0. The molecule has 0 aromatic heterocycles. The van der Waals surface area contributed by atoms with Crippen molar-refractivity contribution in [3.05, 3.63) is 0 Å². The van der Waals surface area contributed by atoms with Gasteiger partial charge >= 0.3 is 0 Å². The van der Waals surface area contributed by atoms with Crippen molar-refractivity contribution in [2.45, 2.75) is 78.1 Å². The predicted octanol–water partition coefficient (Wildman–Crippen LogP) is 3.90. The van der Waals surface area contributed by atoms with E-state index in [1.807, 2.05) is 0 Å². The molecule has 0 aromatic carbocycles. The maximum absolute atomic E-state index is 9.26. The number of aliphatic hydroxyl groups excluding tert-OH is 2. The Kier molecular flexibility index (Phi) is 11.0. The Hall–Kier alpha value is -0.0800. The molecule has 0 bridgehead atoms. The molecule has 0 aliphatic carbocycles. The van der Waals surface area contributed by atoms with Crippen molar-refractivity contribution in [2.24, 2.45) is 5.41 Å². The first-order chi connectivity index (χ1) is 8.24. The van der Waals surface area contributed by atoms with Crippen LogP contribution in [-0.2, 0) is 0 Å². The van der Waals surface area contributed by atoms with Gasteiger partial charge in [-0.05, 0) is 31.1 Å². The zero-order chi connectivity index (χ0) is 13.0. The maximum Gasteiger partial charge on any atom is 0.0436 e. The van der Waals surface area contributed by atoms with Crippen molar-refractivity contribution in [2.75, 3.05) is 13.2 Å². The molecule has 0 saturated carbocycles. The summed E-state index contributed by atoms with van der Waals surface area (Å²) in [5.74, 6) is 0. The van der Waals surface area contributed by atoms with E-state index in [2.05, 4.69) is 13.8 Å². The minimum absolute atomic E-state index is 0.202. The Morgan fingerprint density at radius 2 is 1.06 bits per heavy atom. The summed E-state index contributed by atoms with van der Waals surface area (Å²) in [6.07, 6.45) is 11.6. The highest BCUT2D eigenvalue weighted by atomic mass is 16.3. The fraction of sp³-hybridized carbons (Fsp3) is 1.00. The molecule has 0 radical (unpaired) electrons.